The van der Waals surface area contributed by atoms with Crippen LogP contribution < -0.4 is 0 Å². The van der Waals surface area contributed by atoms with Crippen molar-refractivity contribution < 1.29 is 4.79 Å². The average molecular weight is 339 g/mol. The Balaban J connectivity index is 1.99. The summed E-state index contributed by atoms with van der Waals surface area (Å²) in [5.41, 5.74) is 1.84. The van der Waals surface area contributed by atoms with Gasteiger partial charge in [-0.2, -0.15) is 0 Å². The Morgan fingerprint density at radius 2 is 2.05 bits per heavy atom. The number of likely N-dealkylation sites (tertiary alicyclic amines) is 1. The SMILES string of the molecule is Cc1ccc(Br)cc1C(=O)N(C)CC1CCN(C)CC1. The number of hydrogen-bond donors (Lipinski definition) is 0. The largest absolute Gasteiger partial charge is 0.341 e. The van der Waals surface area contributed by atoms with Crippen molar-refractivity contribution in [1.82, 2.24) is 9.80 Å². The summed E-state index contributed by atoms with van der Waals surface area (Å²) in [6, 6.07) is 5.88. The molecule has 1 saturated heterocycles. The molecule has 0 aliphatic carbocycles. The van der Waals surface area contributed by atoms with Gasteiger partial charge < -0.3 is 9.80 Å². The second-order valence-corrected chi connectivity index (χ2v) is 6.81. The van der Waals surface area contributed by atoms with Gasteiger partial charge in [0.1, 0.15) is 0 Å². The monoisotopic (exact) mass is 338 g/mol. The van der Waals surface area contributed by atoms with Gasteiger partial charge in [-0.3, -0.25) is 4.79 Å². The molecule has 0 radical (unpaired) electrons. The van der Waals surface area contributed by atoms with Crippen molar-refractivity contribution in [3.8, 4) is 0 Å². The molecule has 1 aliphatic heterocycles. The van der Waals surface area contributed by atoms with Crippen molar-refractivity contribution in [2.45, 2.75) is 19.8 Å². The topological polar surface area (TPSA) is 23.6 Å². The van der Waals surface area contributed by atoms with E-state index in [1.807, 2.05) is 37.1 Å². The average Bonchev–Trinajstić information content (AvgIpc) is 2.43. The fourth-order valence-electron chi connectivity index (χ4n) is 2.75. The van der Waals surface area contributed by atoms with Crippen LogP contribution in [-0.4, -0.2) is 49.4 Å². The van der Waals surface area contributed by atoms with Gasteiger partial charge in [-0.25, -0.2) is 0 Å². The Bertz CT molecular complexity index is 481. The van der Waals surface area contributed by atoms with Crippen LogP contribution in [0.3, 0.4) is 0 Å². The Hall–Kier alpha value is -0.870. The maximum Gasteiger partial charge on any atom is 0.253 e. The van der Waals surface area contributed by atoms with Crippen LogP contribution in [0.2, 0.25) is 0 Å². The Morgan fingerprint density at radius 1 is 1.40 bits per heavy atom. The molecule has 2 rings (SSSR count). The summed E-state index contributed by atoms with van der Waals surface area (Å²) in [6.07, 6.45) is 2.37. The molecule has 0 N–H and O–H groups in total. The van der Waals surface area contributed by atoms with Gasteiger partial charge in [0, 0.05) is 23.6 Å². The van der Waals surface area contributed by atoms with Crippen molar-refractivity contribution in [2.24, 2.45) is 5.92 Å². The van der Waals surface area contributed by atoms with Gasteiger partial charge in [-0.1, -0.05) is 22.0 Å². The van der Waals surface area contributed by atoms with Gasteiger partial charge in [-0.15, -0.1) is 0 Å². The second kappa shape index (κ2) is 6.72. The molecule has 1 heterocycles. The Morgan fingerprint density at radius 3 is 2.70 bits per heavy atom. The van der Waals surface area contributed by atoms with Crippen LogP contribution in [-0.2, 0) is 0 Å². The van der Waals surface area contributed by atoms with E-state index in [4.69, 9.17) is 0 Å². The zero-order chi connectivity index (χ0) is 14.7. The number of piperidine rings is 1. The maximum atomic E-state index is 12.6. The minimum Gasteiger partial charge on any atom is -0.341 e. The molecular formula is C16H23BrN2O. The number of amides is 1. The van der Waals surface area contributed by atoms with Crippen molar-refractivity contribution in [3.05, 3.63) is 33.8 Å². The summed E-state index contributed by atoms with van der Waals surface area (Å²) in [4.78, 5) is 16.8. The molecule has 3 nitrogen and oxygen atoms in total. The van der Waals surface area contributed by atoms with E-state index in [1.54, 1.807) is 0 Å². The van der Waals surface area contributed by atoms with Crippen LogP contribution in [0.1, 0.15) is 28.8 Å². The molecule has 1 aliphatic rings. The van der Waals surface area contributed by atoms with Crippen LogP contribution in [0.4, 0.5) is 0 Å². The maximum absolute atomic E-state index is 12.6. The molecule has 0 aromatic heterocycles. The lowest BCUT2D eigenvalue weighted by Gasteiger charge is -2.31. The fraction of sp³-hybridized carbons (Fsp3) is 0.562. The molecule has 0 saturated carbocycles. The molecule has 0 bridgehead atoms. The number of hydrogen-bond acceptors (Lipinski definition) is 2. The molecule has 0 atom stereocenters. The van der Waals surface area contributed by atoms with E-state index in [0.717, 1.165) is 35.2 Å². The van der Waals surface area contributed by atoms with Crippen LogP contribution in [0, 0.1) is 12.8 Å². The number of nitrogens with zero attached hydrogens (tertiary/aromatic N) is 2. The van der Waals surface area contributed by atoms with Crippen LogP contribution in [0.25, 0.3) is 0 Å². The lowest BCUT2D eigenvalue weighted by molar-refractivity contribution is 0.0746. The first-order valence-corrected chi connectivity index (χ1v) is 7.97. The fourth-order valence-corrected chi connectivity index (χ4v) is 3.11. The third-order valence-corrected chi connectivity index (χ3v) is 4.64. The summed E-state index contributed by atoms with van der Waals surface area (Å²) in [6.45, 7) is 5.13. The number of rotatable bonds is 3. The third kappa shape index (κ3) is 3.83. The Labute approximate surface area is 130 Å². The van der Waals surface area contributed by atoms with Crippen LogP contribution >= 0.6 is 15.9 Å². The van der Waals surface area contributed by atoms with Crippen LogP contribution in [0.15, 0.2) is 22.7 Å². The molecule has 0 unspecified atom stereocenters. The van der Waals surface area contributed by atoms with Gasteiger partial charge in [0.25, 0.3) is 5.91 Å². The van der Waals surface area contributed by atoms with E-state index in [2.05, 4.69) is 27.9 Å². The predicted molar refractivity (Wildman–Crippen MR) is 86.1 cm³/mol. The highest BCUT2D eigenvalue weighted by molar-refractivity contribution is 9.10. The van der Waals surface area contributed by atoms with E-state index < -0.39 is 0 Å². The van der Waals surface area contributed by atoms with Gasteiger partial charge in [0.15, 0.2) is 0 Å². The number of halogens is 1. The van der Waals surface area contributed by atoms with Gasteiger partial charge in [-0.05, 0) is 63.5 Å². The molecule has 1 aromatic rings. The lowest BCUT2D eigenvalue weighted by Crippen LogP contribution is -2.38. The highest BCUT2D eigenvalue weighted by Crippen LogP contribution is 2.20. The molecular weight excluding hydrogens is 316 g/mol. The predicted octanol–water partition coefficient (Wildman–Crippen LogP) is 3.17. The van der Waals surface area contributed by atoms with E-state index in [9.17, 15) is 4.79 Å². The summed E-state index contributed by atoms with van der Waals surface area (Å²) >= 11 is 3.44. The van der Waals surface area contributed by atoms with E-state index in [0.29, 0.717) is 5.92 Å². The lowest BCUT2D eigenvalue weighted by atomic mass is 9.96. The first kappa shape index (κ1) is 15.5. The van der Waals surface area contributed by atoms with Crippen LogP contribution in [0.5, 0.6) is 0 Å². The van der Waals surface area contributed by atoms with Crippen molar-refractivity contribution in [2.75, 3.05) is 33.7 Å². The standard InChI is InChI=1S/C16H23BrN2O/c1-12-4-5-14(17)10-15(12)16(20)19(3)11-13-6-8-18(2)9-7-13/h4-5,10,13H,6-9,11H2,1-3H3. The Kier molecular flexibility index (Phi) is 5.22. The zero-order valence-corrected chi connectivity index (χ0v) is 14.1. The molecule has 20 heavy (non-hydrogen) atoms. The van der Waals surface area contributed by atoms with Crippen molar-refractivity contribution in [1.29, 1.82) is 0 Å². The summed E-state index contributed by atoms with van der Waals surface area (Å²) < 4.78 is 0.958. The zero-order valence-electron chi connectivity index (χ0n) is 12.5. The van der Waals surface area contributed by atoms with E-state index in [-0.39, 0.29) is 5.91 Å². The second-order valence-electron chi connectivity index (χ2n) is 5.89. The molecule has 1 aromatic carbocycles. The number of aryl methyl sites for hydroxylation is 1. The minimum absolute atomic E-state index is 0.128. The van der Waals surface area contributed by atoms with Gasteiger partial charge >= 0.3 is 0 Å². The molecule has 4 heteroatoms. The van der Waals surface area contributed by atoms with Crippen molar-refractivity contribution >= 4 is 21.8 Å². The quantitative estimate of drug-likeness (QED) is 0.845. The summed E-state index contributed by atoms with van der Waals surface area (Å²) in [5, 5.41) is 0. The first-order chi connectivity index (χ1) is 9.47. The van der Waals surface area contributed by atoms with Gasteiger partial charge in [0.05, 0.1) is 0 Å². The number of carbonyl (C=O) groups is 1. The molecule has 0 spiro atoms. The van der Waals surface area contributed by atoms with E-state index in [1.165, 1.54) is 12.8 Å². The molecule has 110 valence electrons. The first-order valence-electron chi connectivity index (χ1n) is 7.17. The smallest absolute Gasteiger partial charge is 0.253 e. The summed E-state index contributed by atoms with van der Waals surface area (Å²) in [5.74, 6) is 0.760. The highest BCUT2D eigenvalue weighted by atomic mass is 79.9. The van der Waals surface area contributed by atoms with Crippen molar-refractivity contribution in [3.63, 3.8) is 0 Å². The number of benzene rings is 1. The third-order valence-electron chi connectivity index (χ3n) is 4.15. The minimum atomic E-state index is 0.128. The normalized spacial score (nSPS) is 17.2. The summed E-state index contributed by atoms with van der Waals surface area (Å²) in [7, 11) is 4.08. The number of carbonyl (C=O) groups excluding carboxylic acids is 1. The molecule has 1 fully saturated rings. The van der Waals surface area contributed by atoms with E-state index >= 15 is 0 Å². The molecule has 1 amide bonds. The van der Waals surface area contributed by atoms with Gasteiger partial charge in [0.2, 0.25) is 0 Å². The highest BCUT2D eigenvalue weighted by Gasteiger charge is 2.21.